The summed E-state index contributed by atoms with van der Waals surface area (Å²) in [6, 6.07) is 10.5. The van der Waals surface area contributed by atoms with E-state index in [0.717, 1.165) is 5.56 Å². The fraction of sp³-hybridized carbons (Fsp3) is 0.188. The fourth-order valence-electron chi connectivity index (χ4n) is 1.98. The first kappa shape index (κ1) is 18.6. The molecule has 2 aromatic carbocycles. The van der Waals surface area contributed by atoms with Gasteiger partial charge in [-0.15, -0.1) is 0 Å². The predicted octanol–water partition coefficient (Wildman–Crippen LogP) is 3.20. The third-order valence-corrected chi connectivity index (χ3v) is 5.72. The van der Waals surface area contributed by atoms with E-state index in [1.165, 1.54) is 18.2 Å². The number of hydrogen-bond donors (Lipinski definition) is 2. The number of carbonyl (C=O) groups is 1. The fourth-order valence-corrected chi connectivity index (χ4v) is 4.01. The molecule has 2 aromatic rings. The summed E-state index contributed by atoms with van der Waals surface area (Å²) in [5.41, 5.74) is 1.09. The van der Waals surface area contributed by atoms with Crippen molar-refractivity contribution in [3.8, 4) is 0 Å². The van der Waals surface area contributed by atoms with Gasteiger partial charge in [-0.3, -0.25) is 4.79 Å². The molecule has 0 unspecified atom stereocenters. The van der Waals surface area contributed by atoms with Crippen molar-refractivity contribution in [2.45, 2.75) is 18.2 Å². The summed E-state index contributed by atoms with van der Waals surface area (Å²) in [4.78, 5) is 12.0. The number of carbonyl (C=O) groups excluding carboxylic acids is 1. The molecule has 128 valence electrons. The normalized spacial score (nSPS) is 11.3. The quantitative estimate of drug-likeness (QED) is 0.761. The van der Waals surface area contributed by atoms with E-state index in [0.29, 0.717) is 10.2 Å². The van der Waals surface area contributed by atoms with Crippen LogP contribution in [0.4, 0.5) is 10.1 Å². The van der Waals surface area contributed by atoms with Crippen molar-refractivity contribution in [3.05, 3.63) is 58.3 Å². The molecule has 0 aromatic heterocycles. The van der Waals surface area contributed by atoms with E-state index in [9.17, 15) is 17.6 Å². The van der Waals surface area contributed by atoms with Crippen molar-refractivity contribution in [2.75, 3.05) is 11.9 Å². The van der Waals surface area contributed by atoms with Gasteiger partial charge >= 0.3 is 0 Å². The zero-order valence-electron chi connectivity index (χ0n) is 12.8. The Labute approximate surface area is 148 Å². The van der Waals surface area contributed by atoms with E-state index >= 15 is 0 Å². The number of anilines is 1. The monoisotopic (exact) mass is 414 g/mol. The van der Waals surface area contributed by atoms with E-state index in [1.54, 1.807) is 31.2 Å². The predicted molar refractivity (Wildman–Crippen MR) is 93.7 cm³/mol. The zero-order chi connectivity index (χ0) is 17.7. The van der Waals surface area contributed by atoms with E-state index in [4.69, 9.17) is 0 Å². The molecule has 0 saturated carbocycles. The highest BCUT2D eigenvalue weighted by atomic mass is 79.9. The van der Waals surface area contributed by atoms with E-state index in [-0.39, 0.29) is 17.9 Å². The molecule has 0 heterocycles. The number of amides is 1. The summed E-state index contributed by atoms with van der Waals surface area (Å²) in [5, 5.41) is 2.57. The largest absolute Gasteiger partial charge is 0.326 e. The Morgan fingerprint density at radius 1 is 1.21 bits per heavy atom. The van der Waals surface area contributed by atoms with Crippen LogP contribution in [0, 0.1) is 12.7 Å². The minimum Gasteiger partial charge on any atom is -0.326 e. The molecule has 0 aliphatic carbocycles. The number of halogens is 2. The van der Waals surface area contributed by atoms with Gasteiger partial charge in [-0.25, -0.2) is 17.5 Å². The Morgan fingerprint density at radius 3 is 2.62 bits per heavy atom. The van der Waals surface area contributed by atoms with Crippen molar-refractivity contribution < 1.29 is 17.6 Å². The van der Waals surface area contributed by atoms with Gasteiger partial charge in [-0.05, 0) is 52.7 Å². The highest BCUT2D eigenvalue weighted by Gasteiger charge is 2.17. The van der Waals surface area contributed by atoms with Crippen molar-refractivity contribution in [3.63, 3.8) is 0 Å². The molecule has 8 heteroatoms. The van der Waals surface area contributed by atoms with Crippen molar-refractivity contribution in [1.82, 2.24) is 4.72 Å². The molecule has 0 bridgehead atoms. The number of hydrogen-bond acceptors (Lipinski definition) is 3. The zero-order valence-corrected chi connectivity index (χ0v) is 15.2. The molecule has 0 radical (unpaired) electrons. The second-order valence-corrected chi connectivity index (χ2v) is 7.68. The highest BCUT2D eigenvalue weighted by molar-refractivity contribution is 9.10. The number of rotatable bonds is 6. The van der Waals surface area contributed by atoms with Gasteiger partial charge in [0.1, 0.15) is 5.82 Å². The molecule has 0 spiro atoms. The van der Waals surface area contributed by atoms with E-state index in [2.05, 4.69) is 26.0 Å². The third-order valence-electron chi connectivity index (χ3n) is 3.24. The van der Waals surface area contributed by atoms with Crippen LogP contribution in [0.25, 0.3) is 0 Å². The topological polar surface area (TPSA) is 75.3 Å². The van der Waals surface area contributed by atoms with Crippen LogP contribution in [0.5, 0.6) is 0 Å². The van der Waals surface area contributed by atoms with Gasteiger partial charge in [0.25, 0.3) is 0 Å². The molecule has 5 nitrogen and oxygen atoms in total. The van der Waals surface area contributed by atoms with Crippen molar-refractivity contribution in [2.24, 2.45) is 0 Å². The highest BCUT2D eigenvalue weighted by Crippen LogP contribution is 2.21. The lowest BCUT2D eigenvalue weighted by atomic mass is 10.2. The van der Waals surface area contributed by atoms with Crippen molar-refractivity contribution in [1.29, 1.82) is 0 Å². The van der Waals surface area contributed by atoms with Gasteiger partial charge in [-0.2, -0.15) is 0 Å². The SMILES string of the molecule is Cc1ccc(F)cc1NC(=O)CCNS(=O)(=O)c1ccccc1Br. The summed E-state index contributed by atoms with van der Waals surface area (Å²) in [6.45, 7) is 1.68. The Morgan fingerprint density at radius 2 is 1.92 bits per heavy atom. The smallest absolute Gasteiger partial charge is 0.241 e. The first-order valence-electron chi connectivity index (χ1n) is 7.10. The van der Waals surface area contributed by atoms with Gasteiger partial charge in [0.05, 0.1) is 4.90 Å². The number of aryl methyl sites for hydroxylation is 1. The van der Waals surface area contributed by atoms with Gasteiger partial charge in [0.15, 0.2) is 0 Å². The molecular formula is C16H16BrFN2O3S. The number of sulfonamides is 1. The van der Waals surface area contributed by atoms with Gasteiger partial charge in [0, 0.05) is 23.1 Å². The molecule has 0 fully saturated rings. The lowest BCUT2D eigenvalue weighted by Gasteiger charge is -2.10. The minimum atomic E-state index is -3.71. The lowest BCUT2D eigenvalue weighted by molar-refractivity contribution is -0.116. The summed E-state index contributed by atoms with van der Waals surface area (Å²) < 4.78 is 40.3. The molecule has 2 rings (SSSR count). The summed E-state index contributed by atoms with van der Waals surface area (Å²) >= 11 is 3.18. The molecule has 0 aliphatic rings. The molecule has 1 amide bonds. The van der Waals surface area contributed by atoms with Crippen LogP contribution in [-0.4, -0.2) is 20.9 Å². The van der Waals surface area contributed by atoms with Crippen molar-refractivity contribution >= 4 is 37.5 Å². The van der Waals surface area contributed by atoms with Crippen LogP contribution >= 0.6 is 15.9 Å². The minimum absolute atomic E-state index is 0.0656. The van der Waals surface area contributed by atoms with Crippen LogP contribution in [0.2, 0.25) is 0 Å². The average Bonchev–Trinajstić information content (AvgIpc) is 2.51. The van der Waals surface area contributed by atoms with Crippen LogP contribution in [0.3, 0.4) is 0 Å². The third kappa shape index (κ3) is 4.86. The van der Waals surface area contributed by atoms with E-state index in [1.807, 2.05) is 0 Å². The van der Waals surface area contributed by atoms with Gasteiger partial charge < -0.3 is 5.32 Å². The Kier molecular flexibility index (Phi) is 6.09. The van der Waals surface area contributed by atoms with Crippen LogP contribution in [0.15, 0.2) is 51.8 Å². The molecule has 0 aliphatic heterocycles. The number of benzene rings is 2. The second-order valence-electron chi connectivity index (χ2n) is 5.09. The van der Waals surface area contributed by atoms with Gasteiger partial charge in [0.2, 0.25) is 15.9 Å². The summed E-state index contributed by atoms with van der Waals surface area (Å²) in [7, 11) is -3.71. The number of nitrogens with one attached hydrogen (secondary N) is 2. The molecular weight excluding hydrogens is 399 g/mol. The molecule has 0 atom stereocenters. The van der Waals surface area contributed by atoms with Crippen LogP contribution in [-0.2, 0) is 14.8 Å². The second kappa shape index (κ2) is 7.87. The molecule has 24 heavy (non-hydrogen) atoms. The summed E-state index contributed by atoms with van der Waals surface area (Å²) in [6.07, 6.45) is -0.0698. The van der Waals surface area contributed by atoms with E-state index < -0.39 is 21.7 Å². The average molecular weight is 415 g/mol. The van der Waals surface area contributed by atoms with Gasteiger partial charge in [-0.1, -0.05) is 18.2 Å². The molecule has 0 saturated heterocycles. The Hall–Kier alpha value is -1.77. The summed E-state index contributed by atoms with van der Waals surface area (Å²) in [5.74, 6) is -0.857. The Balaban J connectivity index is 1.93. The lowest BCUT2D eigenvalue weighted by Crippen LogP contribution is -2.28. The first-order chi connectivity index (χ1) is 11.3. The maximum atomic E-state index is 13.2. The first-order valence-corrected chi connectivity index (χ1v) is 9.37. The van der Waals surface area contributed by atoms with Crippen LogP contribution < -0.4 is 10.0 Å². The standard InChI is InChI=1S/C16H16BrFN2O3S/c1-11-6-7-12(18)10-14(11)20-16(21)8-9-19-24(22,23)15-5-3-2-4-13(15)17/h2-7,10,19H,8-9H2,1H3,(H,20,21). The maximum absolute atomic E-state index is 13.2. The van der Waals surface area contributed by atoms with Crippen LogP contribution in [0.1, 0.15) is 12.0 Å². The molecule has 2 N–H and O–H groups in total. The Bertz CT molecular complexity index is 856. The maximum Gasteiger partial charge on any atom is 0.241 e.